The van der Waals surface area contributed by atoms with Gasteiger partial charge in [-0.25, -0.2) is 4.39 Å². The molecule has 0 saturated carbocycles. The van der Waals surface area contributed by atoms with Gasteiger partial charge in [0.05, 0.1) is 0 Å². The summed E-state index contributed by atoms with van der Waals surface area (Å²) in [7, 11) is 0. The van der Waals surface area contributed by atoms with Crippen LogP contribution < -0.4 is 5.32 Å². The lowest BCUT2D eigenvalue weighted by atomic mass is 9.92. The number of hydrogen-bond donors (Lipinski definition) is 2. The van der Waals surface area contributed by atoms with Crippen LogP contribution in [-0.2, 0) is 6.42 Å². The van der Waals surface area contributed by atoms with Crippen molar-refractivity contribution in [1.82, 2.24) is 10.3 Å². The summed E-state index contributed by atoms with van der Waals surface area (Å²) >= 11 is 0. The van der Waals surface area contributed by atoms with E-state index in [-0.39, 0.29) is 5.82 Å². The van der Waals surface area contributed by atoms with Gasteiger partial charge in [0.1, 0.15) is 5.82 Å². The van der Waals surface area contributed by atoms with E-state index in [1.807, 2.05) is 12.3 Å². The van der Waals surface area contributed by atoms with Crippen LogP contribution in [0.1, 0.15) is 18.4 Å². The molecule has 0 spiro atoms. The molecule has 1 aromatic carbocycles. The van der Waals surface area contributed by atoms with Gasteiger partial charge in [0, 0.05) is 17.1 Å². The van der Waals surface area contributed by atoms with Gasteiger partial charge in [-0.2, -0.15) is 0 Å². The van der Waals surface area contributed by atoms with Gasteiger partial charge in [0.25, 0.3) is 0 Å². The minimum Gasteiger partial charge on any atom is -0.361 e. The van der Waals surface area contributed by atoms with Gasteiger partial charge in [-0.05, 0) is 62.0 Å². The van der Waals surface area contributed by atoms with Crippen LogP contribution in [0, 0.1) is 11.7 Å². The fourth-order valence-electron chi connectivity index (χ4n) is 2.73. The maximum Gasteiger partial charge on any atom is 0.123 e. The lowest BCUT2D eigenvalue weighted by molar-refractivity contribution is 0.377. The maximum absolute atomic E-state index is 13.2. The highest BCUT2D eigenvalue weighted by Gasteiger charge is 2.15. The second-order valence-corrected chi connectivity index (χ2v) is 4.92. The second-order valence-electron chi connectivity index (χ2n) is 4.92. The molecule has 0 aliphatic carbocycles. The molecule has 1 aromatic heterocycles. The molecule has 17 heavy (non-hydrogen) atoms. The van der Waals surface area contributed by atoms with Crippen LogP contribution in [0.5, 0.6) is 0 Å². The summed E-state index contributed by atoms with van der Waals surface area (Å²) < 4.78 is 13.2. The molecule has 1 aliphatic heterocycles. The van der Waals surface area contributed by atoms with Gasteiger partial charge in [0.15, 0.2) is 0 Å². The third-order valence-electron chi connectivity index (χ3n) is 3.64. The zero-order chi connectivity index (χ0) is 11.7. The van der Waals surface area contributed by atoms with Crippen LogP contribution in [0.3, 0.4) is 0 Å². The fraction of sp³-hybridized carbons (Fsp3) is 0.429. The van der Waals surface area contributed by atoms with E-state index in [0.717, 1.165) is 30.4 Å². The third-order valence-corrected chi connectivity index (χ3v) is 3.64. The molecule has 1 saturated heterocycles. The van der Waals surface area contributed by atoms with E-state index in [0.29, 0.717) is 5.92 Å². The minimum atomic E-state index is -0.153. The number of fused-ring (bicyclic) bond motifs is 1. The van der Waals surface area contributed by atoms with Crippen LogP contribution in [0.2, 0.25) is 0 Å². The van der Waals surface area contributed by atoms with E-state index < -0.39 is 0 Å². The first-order valence-corrected chi connectivity index (χ1v) is 6.29. The van der Waals surface area contributed by atoms with Crippen molar-refractivity contribution in [3.8, 4) is 0 Å². The average molecular weight is 232 g/mol. The number of rotatable bonds is 2. The molecule has 1 aliphatic rings. The Labute approximate surface area is 100 Å². The Balaban J connectivity index is 1.86. The van der Waals surface area contributed by atoms with Gasteiger partial charge in [-0.15, -0.1) is 0 Å². The van der Waals surface area contributed by atoms with Crippen molar-refractivity contribution in [2.45, 2.75) is 19.3 Å². The van der Waals surface area contributed by atoms with Crippen molar-refractivity contribution in [2.75, 3.05) is 13.1 Å². The number of aromatic amines is 1. The first-order valence-electron chi connectivity index (χ1n) is 6.29. The van der Waals surface area contributed by atoms with Crippen LogP contribution in [-0.4, -0.2) is 18.1 Å². The highest BCUT2D eigenvalue weighted by atomic mass is 19.1. The van der Waals surface area contributed by atoms with Gasteiger partial charge < -0.3 is 10.3 Å². The molecular formula is C14H17FN2. The number of halogens is 1. The number of piperidine rings is 1. The topological polar surface area (TPSA) is 27.8 Å². The number of aromatic nitrogens is 1. The van der Waals surface area contributed by atoms with Gasteiger partial charge in [-0.3, -0.25) is 0 Å². The molecule has 90 valence electrons. The second kappa shape index (κ2) is 4.49. The predicted octanol–water partition coefficient (Wildman–Crippen LogP) is 2.85. The Morgan fingerprint density at radius 2 is 2.29 bits per heavy atom. The van der Waals surface area contributed by atoms with Crippen LogP contribution >= 0.6 is 0 Å². The summed E-state index contributed by atoms with van der Waals surface area (Å²) in [4.78, 5) is 3.22. The van der Waals surface area contributed by atoms with Gasteiger partial charge >= 0.3 is 0 Å². The molecule has 2 N–H and O–H groups in total. The molecule has 3 rings (SSSR count). The van der Waals surface area contributed by atoms with Crippen LogP contribution in [0.4, 0.5) is 4.39 Å². The van der Waals surface area contributed by atoms with Crippen molar-refractivity contribution in [2.24, 2.45) is 5.92 Å². The third kappa shape index (κ3) is 2.20. The lowest BCUT2D eigenvalue weighted by Crippen LogP contribution is -2.30. The van der Waals surface area contributed by atoms with Crippen molar-refractivity contribution in [3.63, 3.8) is 0 Å². The van der Waals surface area contributed by atoms with Gasteiger partial charge in [-0.1, -0.05) is 0 Å². The number of nitrogens with one attached hydrogen (secondary N) is 2. The fourth-order valence-corrected chi connectivity index (χ4v) is 2.73. The van der Waals surface area contributed by atoms with Gasteiger partial charge in [0.2, 0.25) is 0 Å². The van der Waals surface area contributed by atoms with E-state index in [2.05, 4.69) is 10.3 Å². The normalized spacial score (nSPS) is 20.9. The average Bonchev–Trinajstić information content (AvgIpc) is 2.73. The highest BCUT2D eigenvalue weighted by Crippen LogP contribution is 2.24. The van der Waals surface area contributed by atoms with E-state index in [9.17, 15) is 4.39 Å². The SMILES string of the molecule is Fc1ccc2[nH]cc(CC3CCCNC3)c2c1. The quantitative estimate of drug-likeness (QED) is 0.818. The summed E-state index contributed by atoms with van der Waals surface area (Å²) in [6.45, 7) is 2.22. The molecule has 3 heteroatoms. The smallest absolute Gasteiger partial charge is 0.123 e. The molecule has 0 radical (unpaired) electrons. The predicted molar refractivity (Wildman–Crippen MR) is 67.6 cm³/mol. The van der Waals surface area contributed by atoms with E-state index in [4.69, 9.17) is 0 Å². The standard InChI is InChI=1S/C14H17FN2/c15-12-3-4-14-13(7-12)11(9-17-14)6-10-2-1-5-16-8-10/h3-4,7,9-10,16-17H,1-2,5-6,8H2. The number of H-pyrrole nitrogens is 1. The molecule has 1 unspecified atom stereocenters. The van der Waals surface area contributed by atoms with Crippen molar-refractivity contribution in [3.05, 3.63) is 35.8 Å². The van der Waals surface area contributed by atoms with E-state index in [1.165, 1.54) is 24.5 Å². The molecule has 1 fully saturated rings. The minimum absolute atomic E-state index is 0.153. The molecule has 2 nitrogen and oxygen atoms in total. The highest BCUT2D eigenvalue weighted by molar-refractivity contribution is 5.83. The molecule has 0 amide bonds. The molecule has 1 atom stereocenters. The van der Waals surface area contributed by atoms with E-state index >= 15 is 0 Å². The first-order chi connectivity index (χ1) is 8.33. The largest absolute Gasteiger partial charge is 0.361 e. The zero-order valence-corrected chi connectivity index (χ0v) is 9.80. The number of benzene rings is 1. The Hall–Kier alpha value is -1.35. The summed E-state index contributed by atoms with van der Waals surface area (Å²) in [5, 5.41) is 4.46. The Bertz CT molecular complexity index is 512. The summed E-state index contributed by atoms with van der Waals surface area (Å²) in [5.41, 5.74) is 2.28. The maximum atomic E-state index is 13.2. The van der Waals surface area contributed by atoms with Crippen molar-refractivity contribution >= 4 is 10.9 Å². The first kappa shape index (κ1) is 10.8. The van der Waals surface area contributed by atoms with Crippen molar-refractivity contribution in [1.29, 1.82) is 0 Å². The monoisotopic (exact) mass is 232 g/mol. The molecular weight excluding hydrogens is 215 g/mol. The summed E-state index contributed by atoms with van der Waals surface area (Å²) in [6.07, 6.45) is 5.59. The van der Waals surface area contributed by atoms with Crippen LogP contribution in [0.25, 0.3) is 10.9 Å². The van der Waals surface area contributed by atoms with E-state index in [1.54, 1.807) is 6.07 Å². The zero-order valence-electron chi connectivity index (χ0n) is 9.80. The number of hydrogen-bond acceptors (Lipinski definition) is 1. The molecule has 2 heterocycles. The summed E-state index contributed by atoms with van der Waals surface area (Å²) in [5.74, 6) is 0.533. The van der Waals surface area contributed by atoms with Crippen molar-refractivity contribution < 1.29 is 4.39 Å². The Morgan fingerprint density at radius 3 is 3.12 bits per heavy atom. The summed E-state index contributed by atoms with van der Waals surface area (Å²) in [6, 6.07) is 4.95. The molecule has 2 aromatic rings. The van der Waals surface area contributed by atoms with Crippen LogP contribution in [0.15, 0.2) is 24.4 Å². The molecule has 0 bridgehead atoms. The Morgan fingerprint density at radius 1 is 1.35 bits per heavy atom. The Kier molecular flexibility index (Phi) is 2.85. The lowest BCUT2D eigenvalue weighted by Gasteiger charge is -2.22.